The number of nitrogens with zero attached hydrogens (tertiary/aromatic N) is 2. The second-order valence-corrected chi connectivity index (χ2v) is 6.21. The van der Waals surface area contributed by atoms with Crippen LogP contribution in [0.5, 0.6) is 11.5 Å². The molecule has 0 aliphatic carbocycles. The van der Waals surface area contributed by atoms with Crippen molar-refractivity contribution in [2.75, 3.05) is 12.4 Å². The van der Waals surface area contributed by atoms with Crippen LogP contribution in [0.25, 0.3) is 22.0 Å². The third kappa shape index (κ3) is 3.67. The summed E-state index contributed by atoms with van der Waals surface area (Å²) in [6.07, 6.45) is 3.38. The number of phenolic OH excluding ortho intramolecular Hbond substituents is 1. The molecule has 0 atom stereocenters. The molecule has 27 heavy (non-hydrogen) atoms. The molecule has 4 aromatic rings. The number of rotatable bonds is 5. The highest BCUT2D eigenvalue weighted by Gasteiger charge is 2.07. The van der Waals surface area contributed by atoms with Crippen LogP contribution in [0.4, 0.5) is 5.82 Å². The number of ether oxygens (including phenoxy) is 1. The Kier molecular flexibility index (Phi) is 4.58. The molecule has 0 saturated carbocycles. The van der Waals surface area contributed by atoms with Crippen molar-refractivity contribution < 1.29 is 9.84 Å². The molecule has 2 N–H and O–H groups in total. The lowest BCUT2D eigenvalue weighted by Crippen LogP contribution is -2.02. The molecular formula is C22H19N3O2. The van der Waals surface area contributed by atoms with Gasteiger partial charge >= 0.3 is 0 Å². The van der Waals surface area contributed by atoms with Gasteiger partial charge in [0.2, 0.25) is 0 Å². The van der Waals surface area contributed by atoms with Gasteiger partial charge in [-0.15, -0.1) is 0 Å². The van der Waals surface area contributed by atoms with Gasteiger partial charge in [-0.3, -0.25) is 4.98 Å². The van der Waals surface area contributed by atoms with E-state index in [-0.39, 0.29) is 5.75 Å². The summed E-state index contributed by atoms with van der Waals surface area (Å²) in [5.41, 5.74) is 2.70. The summed E-state index contributed by atoms with van der Waals surface area (Å²) in [4.78, 5) is 8.89. The van der Waals surface area contributed by atoms with Crippen molar-refractivity contribution in [3.05, 3.63) is 78.6 Å². The van der Waals surface area contributed by atoms with E-state index >= 15 is 0 Å². The number of anilines is 1. The van der Waals surface area contributed by atoms with E-state index in [1.165, 1.54) is 23.4 Å². The van der Waals surface area contributed by atoms with Crippen LogP contribution in [-0.2, 0) is 6.54 Å². The van der Waals surface area contributed by atoms with E-state index in [1.807, 2.05) is 12.1 Å². The summed E-state index contributed by atoms with van der Waals surface area (Å²) in [6.45, 7) is 0.655. The van der Waals surface area contributed by atoms with E-state index < -0.39 is 0 Å². The lowest BCUT2D eigenvalue weighted by molar-refractivity contribution is 0.373. The number of benzene rings is 3. The average molecular weight is 357 g/mol. The number of methoxy groups -OCH3 is 1. The number of hydrogen-bond donors (Lipinski definition) is 2. The van der Waals surface area contributed by atoms with Gasteiger partial charge in [0.25, 0.3) is 0 Å². The zero-order valence-electron chi connectivity index (χ0n) is 14.9. The molecule has 4 rings (SSSR count). The highest BCUT2D eigenvalue weighted by molar-refractivity contribution is 5.83. The molecule has 5 heteroatoms. The SMILES string of the molecule is COc1cc(-c2cncc(NCc3ccc4ccccc4c3)n2)ccc1O. The minimum absolute atomic E-state index is 0.0970. The highest BCUT2D eigenvalue weighted by Crippen LogP contribution is 2.30. The Hall–Kier alpha value is -3.60. The van der Waals surface area contributed by atoms with Crippen molar-refractivity contribution in [3.8, 4) is 22.8 Å². The van der Waals surface area contributed by atoms with Crippen LogP contribution >= 0.6 is 0 Å². The smallest absolute Gasteiger partial charge is 0.161 e. The first-order valence-corrected chi connectivity index (χ1v) is 8.64. The summed E-state index contributed by atoms with van der Waals surface area (Å²) < 4.78 is 5.16. The normalized spacial score (nSPS) is 10.7. The van der Waals surface area contributed by atoms with Crippen molar-refractivity contribution in [1.29, 1.82) is 0 Å². The van der Waals surface area contributed by atoms with E-state index in [4.69, 9.17) is 4.74 Å². The molecule has 0 spiro atoms. The number of aromatic hydroxyl groups is 1. The summed E-state index contributed by atoms with van der Waals surface area (Å²) in [6, 6.07) is 19.8. The Balaban J connectivity index is 1.53. The molecule has 0 amide bonds. The van der Waals surface area contributed by atoms with Crippen molar-refractivity contribution >= 4 is 16.6 Å². The van der Waals surface area contributed by atoms with E-state index in [1.54, 1.807) is 30.6 Å². The van der Waals surface area contributed by atoms with Crippen LogP contribution in [0.1, 0.15) is 5.56 Å². The number of aromatic nitrogens is 2. The van der Waals surface area contributed by atoms with Crippen LogP contribution in [0.3, 0.4) is 0 Å². The highest BCUT2D eigenvalue weighted by atomic mass is 16.5. The van der Waals surface area contributed by atoms with E-state index in [9.17, 15) is 5.11 Å². The van der Waals surface area contributed by atoms with Crippen molar-refractivity contribution in [2.45, 2.75) is 6.54 Å². The first-order valence-electron chi connectivity index (χ1n) is 8.64. The maximum Gasteiger partial charge on any atom is 0.161 e. The third-order valence-electron chi connectivity index (χ3n) is 4.40. The second kappa shape index (κ2) is 7.33. The Morgan fingerprint density at radius 3 is 2.67 bits per heavy atom. The fourth-order valence-electron chi connectivity index (χ4n) is 2.97. The second-order valence-electron chi connectivity index (χ2n) is 6.21. The van der Waals surface area contributed by atoms with E-state index in [0.717, 1.165) is 5.56 Å². The minimum Gasteiger partial charge on any atom is -0.504 e. The molecule has 0 radical (unpaired) electrons. The zero-order valence-corrected chi connectivity index (χ0v) is 14.9. The summed E-state index contributed by atoms with van der Waals surface area (Å²) >= 11 is 0. The summed E-state index contributed by atoms with van der Waals surface area (Å²) in [7, 11) is 1.52. The maximum absolute atomic E-state index is 9.75. The third-order valence-corrected chi connectivity index (χ3v) is 4.40. The number of fused-ring (bicyclic) bond motifs is 1. The maximum atomic E-state index is 9.75. The molecule has 3 aromatic carbocycles. The molecule has 0 unspecified atom stereocenters. The Morgan fingerprint density at radius 1 is 0.963 bits per heavy atom. The monoisotopic (exact) mass is 357 g/mol. The van der Waals surface area contributed by atoms with Gasteiger partial charge in [0.1, 0.15) is 5.82 Å². The molecule has 0 saturated heterocycles. The van der Waals surface area contributed by atoms with Crippen LogP contribution < -0.4 is 10.1 Å². The molecule has 0 bridgehead atoms. The molecular weight excluding hydrogens is 338 g/mol. The molecule has 1 aromatic heterocycles. The Labute approximate surface area is 157 Å². The predicted octanol–water partition coefficient (Wildman–Crippen LogP) is 4.62. The van der Waals surface area contributed by atoms with Gasteiger partial charge in [-0.05, 0) is 40.6 Å². The standard InChI is InChI=1S/C22H19N3O2/c1-27-21-11-18(8-9-20(21)26)19-13-23-14-22(25-19)24-12-15-6-7-16-4-2-3-5-17(16)10-15/h2-11,13-14,26H,12H2,1H3,(H,24,25). The quantitative estimate of drug-likeness (QED) is 0.545. The predicted molar refractivity (Wildman–Crippen MR) is 107 cm³/mol. The van der Waals surface area contributed by atoms with Crippen molar-refractivity contribution in [1.82, 2.24) is 9.97 Å². The molecule has 0 aliphatic rings. The van der Waals surface area contributed by atoms with Crippen LogP contribution in [0.15, 0.2) is 73.1 Å². The number of hydrogen-bond acceptors (Lipinski definition) is 5. The van der Waals surface area contributed by atoms with Gasteiger partial charge in [-0.25, -0.2) is 4.98 Å². The first-order chi connectivity index (χ1) is 13.2. The molecule has 0 fully saturated rings. The summed E-state index contributed by atoms with van der Waals surface area (Å²) in [5.74, 6) is 1.19. The van der Waals surface area contributed by atoms with E-state index in [2.05, 4.69) is 45.6 Å². The first kappa shape index (κ1) is 16.8. The van der Waals surface area contributed by atoms with Crippen molar-refractivity contribution in [2.24, 2.45) is 0 Å². The van der Waals surface area contributed by atoms with Crippen molar-refractivity contribution in [3.63, 3.8) is 0 Å². The Bertz CT molecular complexity index is 1100. The molecule has 0 aliphatic heterocycles. The lowest BCUT2D eigenvalue weighted by atomic mass is 10.1. The molecule has 134 valence electrons. The van der Waals surface area contributed by atoms with Gasteiger partial charge in [-0.2, -0.15) is 0 Å². The zero-order chi connectivity index (χ0) is 18.6. The Morgan fingerprint density at radius 2 is 1.81 bits per heavy atom. The largest absolute Gasteiger partial charge is 0.504 e. The average Bonchev–Trinajstić information content (AvgIpc) is 2.72. The van der Waals surface area contributed by atoms with Gasteiger partial charge in [0, 0.05) is 12.1 Å². The number of nitrogens with one attached hydrogen (secondary N) is 1. The van der Waals surface area contributed by atoms with Gasteiger partial charge < -0.3 is 15.2 Å². The molecule has 5 nitrogen and oxygen atoms in total. The summed E-state index contributed by atoms with van der Waals surface area (Å²) in [5, 5.41) is 15.5. The lowest BCUT2D eigenvalue weighted by Gasteiger charge is -2.09. The van der Waals surface area contributed by atoms with Gasteiger partial charge in [-0.1, -0.05) is 36.4 Å². The van der Waals surface area contributed by atoms with E-state index in [0.29, 0.717) is 23.8 Å². The van der Waals surface area contributed by atoms with Crippen LogP contribution in [-0.4, -0.2) is 22.2 Å². The van der Waals surface area contributed by atoms with Gasteiger partial charge in [0.05, 0.1) is 25.2 Å². The van der Waals surface area contributed by atoms with Crippen LogP contribution in [0.2, 0.25) is 0 Å². The molecule has 1 heterocycles. The minimum atomic E-state index is 0.0970. The number of phenols is 1. The topological polar surface area (TPSA) is 67.3 Å². The fourth-order valence-corrected chi connectivity index (χ4v) is 2.97. The fraction of sp³-hybridized carbons (Fsp3) is 0.0909. The van der Waals surface area contributed by atoms with Crippen LogP contribution in [0, 0.1) is 0 Å². The van der Waals surface area contributed by atoms with Gasteiger partial charge in [0.15, 0.2) is 11.5 Å².